The Labute approximate surface area is 108 Å². The molecule has 2 rings (SSSR count). The molecule has 0 atom stereocenters. The SMILES string of the molecule is [Cu].[O-]N=Cc1ccc[oH+]1.[O-]N=Cc1ccc[oH+]1. The molecular weight excluding hydrogens is 276 g/mol. The first kappa shape index (κ1) is 15.0. The van der Waals surface area contributed by atoms with Gasteiger partial charge in [0.15, 0.2) is 0 Å². The van der Waals surface area contributed by atoms with E-state index in [1.165, 1.54) is 12.4 Å². The average Bonchev–Trinajstić information content (AvgIpc) is 2.92. The van der Waals surface area contributed by atoms with Crippen molar-refractivity contribution < 1.29 is 25.9 Å². The summed E-state index contributed by atoms with van der Waals surface area (Å²) in [6.07, 6.45) is 5.55. The van der Waals surface area contributed by atoms with Crippen molar-refractivity contribution in [1.29, 1.82) is 0 Å². The van der Waals surface area contributed by atoms with E-state index in [-0.39, 0.29) is 17.1 Å². The topological polar surface area (TPSA) is 96.4 Å². The molecule has 0 aliphatic carbocycles. The molecule has 17 heavy (non-hydrogen) atoms. The van der Waals surface area contributed by atoms with E-state index in [1.54, 1.807) is 36.8 Å². The zero-order chi connectivity index (χ0) is 11.6. The van der Waals surface area contributed by atoms with Crippen molar-refractivity contribution in [3.63, 3.8) is 0 Å². The van der Waals surface area contributed by atoms with Crippen molar-refractivity contribution >= 4 is 12.4 Å². The van der Waals surface area contributed by atoms with Crippen LogP contribution in [0.3, 0.4) is 0 Å². The molecule has 0 aromatic carbocycles. The first-order chi connectivity index (χ1) is 7.86. The van der Waals surface area contributed by atoms with Crippen molar-refractivity contribution in [2.45, 2.75) is 0 Å². The summed E-state index contributed by atoms with van der Waals surface area (Å²) < 4.78 is 7.51. The van der Waals surface area contributed by atoms with E-state index >= 15 is 0 Å². The Kier molecular flexibility index (Phi) is 8.18. The van der Waals surface area contributed by atoms with E-state index < -0.39 is 0 Å². The molecule has 2 N–H and O–H groups in total. The van der Waals surface area contributed by atoms with Crippen LogP contribution in [0.5, 0.6) is 0 Å². The van der Waals surface area contributed by atoms with Crippen LogP contribution in [0.4, 0.5) is 0 Å². The van der Waals surface area contributed by atoms with E-state index in [0.717, 1.165) is 0 Å². The van der Waals surface area contributed by atoms with Crippen molar-refractivity contribution in [3.8, 4) is 0 Å². The standard InChI is InChI=1S/2C5H5NO2.Cu/c2*7-6-4-5-2-1-3-8-5;/h2*1-4,7H;. The van der Waals surface area contributed by atoms with Crippen LogP contribution in [0.25, 0.3) is 0 Å². The van der Waals surface area contributed by atoms with Crippen LogP contribution >= 0.6 is 0 Å². The van der Waals surface area contributed by atoms with Gasteiger partial charge < -0.3 is 29.6 Å². The Morgan fingerprint density at radius 2 is 1.29 bits per heavy atom. The molecular formula is C10H10CuN2O4. The van der Waals surface area contributed by atoms with Gasteiger partial charge in [0.25, 0.3) is 11.5 Å². The molecule has 0 saturated carbocycles. The molecule has 0 saturated heterocycles. The first-order valence-electron chi connectivity index (χ1n) is 4.33. The second-order valence-electron chi connectivity index (χ2n) is 2.59. The molecule has 2 aromatic rings. The Balaban J connectivity index is 0.000000284. The maximum Gasteiger partial charge on any atom is 0.278 e. The van der Waals surface area contributed by atoms with Gasteiger partial charge in [-0.2, -0.15) is 0 Å². The van der Waals surface area contributed by atoms with Crippen molar-refractivity contribution in [2.75, 3.05) is 0 Å². The molecule has 0 bridgehead atoms. The van der Waals surface area contributed by atoms with E-state index in [1.807, 2.05) is 0 Å². The summed E-state index contributed by atoms with van der Waals surface area (Å²) in [5.74, 6) is 1.22. The van der Waals surface area contributed by atoms with Crippen LogP contribution in [0.2, 0.25) is 0 Å². The third kappa shape index (κ3) is 6.24. The molecule has 0 unspecified atom stereocenters. The summed E-state index contributed by atoms with van der Waals surface area (Å²) in [5, 5.41) is 24.1. The number of rotatable bonds is 2. The van der Waals surface area contributed by atoms with E-state index in [2.05, 4.69) is 19.1 Å². The molecule has 6 nitrogen and oxygen atoms in total. The molecule has 0 aliphatic heterocycles. The number of nitrogens with zero attached hydrogens (tertiary/aromatic N) is 2. The van der Waals surface area contributed by atoms with Gasteiger partial charge in [0, 0.05) is 41.3 Å². The van der Waals surface area contributed by atoms with Crippen LogP contribution in [0.15, 0.2) is 55.9 Å². The molecule has 0 aliphatic rings. The van der Waals surface area contributed by atoms with E-state index in [4.69, 9.17) is 0 Å². The predicted molar refractivity (Wildman–Crippen MR) is 61.6 cm³/mol. The second kappa shape index (κ2) is 9.26. The zero-order valence-corrected chi connectivity index (χ0v) is 9.47. The monoisotopic (exact) mass is 285 g/mol. The molecule has 0 spiro atoms. The van der Waals surface area contributed by atoms with Gasteiger partial charge in [-0.15, -0.1) is 0 Å². The third-order valence-electron chi connectivity index (χ3n) is 1.52. The second-order valence-corrected chi connectivity index (χ2v) is 2.59. The van der Waals surface area contributed by atoms with Gasteiger partial charge in [-0.3, -0.25) is 0 Å². The molecule has 2 heterocycles. The number of hydrogen-bond acceptors (Lipinski definition) is 4. The van der Waals surface area contributed by atoms with Crippen molar-refractivity contribution in [2.24, 2.45) is 10.3 Å². The fraction of sp³-hybridized carbons (Fsp3) is 0. The number of hydrogen-bond donors (Lipinski definition) is 0. The molecule has 2 aromatic heterocycles. The van der Waals surface area contributed by atoms with Gasteiger partial charge >= 0.3 is 0 Å². The Morgan fingerprint density at radius 1 is 0.882 bits per heavy atom. The summed E-state index contributed by atoms with van der Waals surface area (Å²) in [5.41, 5.74) is 0. The minimum atomic E-state index is 0. The summed E-state index contributed by atoms with van der Waals surface area (Å²) >= 11 is 0. The molecule has 0 fully saturated rings. The normalized spacial score (nSPS) is 9.88. The Bertz CT molecular complexity index is 381. The molecule has 1 radical (unpaired) electrons. The maximum absolute atomic E-state index is 9.53. The van der Waals surface area contributed by atoms with Crippen molar-refractivity contribution in [1.82, 2.24) is 0 Å². The Morgan fingerprint density at radius 3 is 1.53 bits per heavy atom. The largest absolute Gasteiger partial charge is 0.792 e. The van der Waals surface area contributed by atoms with Crippen LogP contribution in [0.1, 0.15) is 11.5 Å². The number of furan rings is 2. The van der Waals surface area contributed by atoms with Crippen LogP contribution in [-0.2, 0) is 17.1 Å². The minimum Gasteiger partial charge on any atom is -0.792 e. The van der Waals surface area contributed by atoms with Gasteiger partial charge in [-0.1, -0.05) is 0 Å². The van der Waals surface area contributed by atoms with Gasteiger partial charge in [0.1, 0.15) is 12.4 Å². The quantitative estimate of drug-likeness (QED) is 0.367. The summed E-state index contributed by atoms with van der Waals surface area (Å²) in [6, 6.07) is 6.91. The molecule has 7 heteroatoms. The first-order valence-corrected chi connectivity index (χ1v) is 4.33. The summed E-state index contributed by atoms with van der Waals surface area (Å²) in [4.78, 5) is 0. The van der Waals surface area contributed by atoms with Crippen molar-refractivity contribution in [3.05, 3.63) is 58.7 Å². The van der Waals surface area contributed by atoms with E-state index in [0.29, 0.717) is 11.5 Å². The fourth-order valence-corrected chi connectivity index (χ4v) is 0.888. The average molecular weight is 286 g/mol. The molecule has 95 valence electrons. The van der Waals surface area contributed by atoms with E-state index in [9.17, 15) is 10.4 Å². The van der Waals surface area contributed by atoms with Crippen LogP contribution in [0, 0.1) is 10.4 Å². The fourth-order valence-electron chi connectivity index (χ4n) is 0.888. The van der Waals surface area contributed by atoms with Gasteiger partial charge in [0.05, 0.1) is 0 Å². The smallest absolute Gasteiger partial charge is 0.278 e. The molecule has 0 amide bonds. The van der Waals surface area contributed by atoms with Crippen LogP contribution < -0.4 is 0 Å². The van der Waals surface area contributed by atoms with Gasteiger partial charge in [-0.05, 0) is 0 Å². The van der Waals surface area contributed by atoms with Crippen LogP contribution in [-0.4, -0.2) is 12.4 Å². The minimum absolute atomic E-state index is 0. The maximum atomic E-state index is 9.53. The van der Waals surface area contributed by atoms with Gasteiger partial charge in [-0.25, -0.2) is 0 Å². The van der Waals surface area contributed by atoms with Gasteiger partial charge in [0.2, 0.25) is 12.5 Å². The predicted octanol–water partition coefficient (Wildman–Crippen LogP) is 2.62. The zero-order valence-electron chi connectivity index (χ0n) is 8.53. The Hall–Kier alpha value is -1.98. The summed E-state index contributed by atoms with van der Waals surface area (Å²) in [7, 11) is 0. The summed E-state index contributed by atoms with van der Waals surface area (Å²) in [6.45, 7) is 0. The third-order valence-corrected chi connectivity index (χ3v) is 1.52.